The molecule has 1 heterocycles. The van der Waals surface area contributed by atoms with Crippen molar-refractivity contribution in [2.24, 2.45) is 5.92 Å². The quantitative estimate of drug-likeness (QED) is 0.821. The summed E-state index contributed by atoms with van der Waals surface area (Å²) < 4.78 is 5.21. The molecule has 1 N–H and O–H groups in total. The van der Waals surface area contributed by atoms with Crippen LogP contribution in [0.4, 0.5) is 0 Å². The first-order valence-corrected chi connectivity index (χ1v) is 5.72. The minimum absolute atomic E-state index is 0.286. The molecule has 1 rings (SSSR count). The first-order chi connectivity index (χ1) is 8.04. The number of ether oxygens (including phenoxy) is 1. The molecule has 0 saturated heterocycles. The summed E-state index contributed by atoms with van der Waals surface area (Å²) in [6.07, 6.45) is 3.52. The molecule has 94 valence electrons. The summed E-state index contributed by atoms with van der Waals surface area (Å²) in [7, 11) is 0. The van der Waals surface area contributed by atoms with Crippen LogP contribution < -0.4 is 4.74 Å². The Labute approximate surface area is 101 Å². The van der Waals surface area contributed by atoms with E-state index in [9.17, 15) is 9.90 Å². The predicted molar refractivity (Wildman–Crippen MR) is 63.0 cm³/mol. The summed E-state index contributed by atoms with van der Waals surface area (Å²) in [5, 5.41) is 9.19. The number of aliphatic carboxylic acids is 1. The number of carboxylic acids is 1. The van der Waals surface area contributed by atoms with Gasteiger partial charge in [-0.15, -0.1) is 0 Å². The number of hydrogen-bond acceptors (Lipinski definition) is 4. The summed E-state index contributed by atoms with van der Waals surface area (Å²) in [6, 6.07) is 0. The molecule has 1 aromatic heterocycles. The fraction of sp³-hybridized carbons (Fsp3) is 0.583. The Morgan fingerprint density at radius 1 is 1.47 bits per heavy atom. The van der Waals surface area contributed by atoms with Crippen molar-refractivity contribution in [3.8, 4) is 5.88 Å². The van der Waals surface area contributed by atoms with E-state index in [1.54, 1.807) is 0 Å². The lowest BCUT2D eigenvalue weighted by molar-refractivity contribution is -0.139. The van der Waals surface area contributed by atoms with Gasteiger partial charge < -0.3 is 9.84 Å². The average Bonchev–Trinajstić information content (AvgIpc) is 2.26. The summed E-state index contributed by atoms with van der Waals surface area (Å²) in [5.74, 6) is -0.835. The van der Waals surface area contributed by atoms with Gasteiger partial charge in [0.1, 0.15) is 5.92 Å². The van der Waals surface area contributed by atoms with Crippen molar-refractivity contribution >= 4 is 5.97 Å². The van der Waals surface area contributed by atoms with Crippen molar-refractivity contribution in [2.45, 2.75) is 33.1 Å². The number of aromatic nitrogens is 2. The molecule has 5 nitrogen and oxygen atoms in total. The van der Waals surface area contributed by atoms with Crippen LogP contribution in [0.3, 0.4) is 0 Å². The summed E-state index contributed by atoms with van der Waals surface area (Å²) in [6.45, 7) is 6.29. The van der Waals surface area contributed by atoms with Crippen LogP contribution in [0.1, 0.15) is 38.8 Å². The van der Waals surface area contributed by atoms with E-state index in [0.29, 0.717) is 24.6 Å². The fourth-order valence-corrected chi connectivity index (χ4v) is 1.57. The molecule has 0 radical (unpaired) electrons. The number of nitrogens with zero attached hydrogens (tertiary/aromatic N) is 2. The van der Waals surface area contributed by atoms with Crippen LogP contribution in [0.15, 0.2) is 12.4 Å². The molecule has 0 aliphatic rings. The first kappa shape index (κ1) is 13.4. The second kappa shape index (κ2) is 6.18. The normalized spacial score (nSPS) is 12.5. The van der Waals surface area contributed by atoms with Gasteiger partial charge in [0, 0.05) is 6.20 Å². The van der Waals surface area contributed by atoms with Crippen molar-refractivity contribution < 1.29 is 14.6 Å². The number of hydrogen-bond donors (Lipinski definition) is 1. The molecule has 0 aliphatic heterocycles. The number of rotatable bonds is 6. The van der Waals surface area contributed by atoms with Crippen LogP contribution in [-0.4, -0.2) is 27.7 Å². The zero-order chi connectivity index (χ0) is 12.8. The van der Waals surface area contributed by atoms with Crippen LogP contribution in [0.2, 0.25) is 0 Å². The highest BCUT2D eigenvalue weighted by Crippen LogP contribution is 2.23. The number of carbonyl (C=O) groups is 1. The molecule has 5 heteroatoms. The van der Waals surface area contributed by atoms with Crippen molar-refractivity contribution in [3.63, 3.8) is 0 Å². The van der Waals surface area contributed by atoms with Gasteiger partial charge >= 0.3 is 5.97 Å². The molecule has 0 amide bonds. The molecule has 0 bridgehead atoms. The van der Waals surface area contributed by atoms with Crippen LogP contribution in [0.25, 0.3) is 0 Å². The Kier molecular flexibility index (Phi) is 4.87. The molecule has 1 atom stereocenters. The largest absolute Gasteiger partial charge is 0.481 e. The molecule has 0 spiro atoms. The van der Waals surface area contributed by atoms with Gasteiger partial charge in [0.05, 0.1) is 18.5 Å². The SMILES string of the molecule is CCOc1cncc(C(CC(C)C)C(=O)O)n1. The lowest BCUT2D eigenvalue weighted by atomic mass is 9.94. The molecule has 17 heavy (non-hydrogen) atoms. The molecule has 1 unspecified atom stereocenters. The average molecular weight is 238 g/mol. The van der Waals surface area contributed by atoms with Crippen LogP contribution >= 0.6 is 0 Å². The van der Waals surface area contributed by atoms with Crippen LogP contribution in [0.5, 0.6) is 5.88 Å². The number of carboxylic acid groups (broad SMARTS) is 1. The Morgan fingerprint density at radius 3 is 2.71 bits per heavy atom. The third kappa shape index (κ3) is 4.01. The molecule has 1 aromatic rings. The van der Waals surface area contributed by atoms with Gasteiger partial charge in [0.15, 0.2) is 0 Å². The summed E-state index contributed by atoms with van der Waals surface area (Å²) >= 11 is 0. The highest BCUT2D eigenvalue weighted by molar-refractivity contribution is 5.75. The molecule has 0 aliphatic carbocycles. The fourth-order valence-electron chi connectivity index (χ4n) is 1.57. The second-order valence-electron chi connectivity index (χ2n) is 4.24. The van der Waals surface area contributed by atoms with Crippen molar-refractivity contribution in [3.05, 3.63) is 18.1 Å². The van der Waals surface area contributed by atoms with Crippen molar-refractivity contribution in [1.29, 1.82) is 0 Å². The van der Waals surface area contributed by atoms with E-state index in [0.717, 1.165) is 0 Å². The predicted octanol–water partition coefficient (Wildman–Crippen LogP) is 2.09. The molecular formula is C12H18N2O3. The zero-order valence-corrected chi connectivity index (χ0v) is 10.4. The molecule has 0 fully saturated rings. The topological polar surface area (TPSA) is 72.3 Å². The van der Waals surface area contributed by atoms with E-state index in [-0.39, 0.29) is 5.92 Å². The van der Waals surface area contributed by atoms with Crippen molar-refractivity contribution in [1.82, 2.24) is 9.97 Å². The van der Waals surface area contributed by atoms with E-state index in [2.05, 4.69) is 9.97 Å². The maximum Gasteiger partial charge on any atom is 0.312 e. The Hall–Kier alpha value is -1.65. The molecular weight excluding hydrogens is 220 g/mol. The van der Waals surface area contributed by atoms with E-state index < -0.39 is 11.9 Å². The minimum Gasteiger partial charge on any atom is -0.481 e. The second-order valence-corrected chi connectivity index (χ2v) is 4.24. The van der Waals surface area contributed by atoms with Gasteiger partial charge in [0.25, 0.3) is 0 Å². The van der Waals surface area contributed by atoms with Gasteiger partial charge in [-0.05, 0) is 19.3 Å². The Morgan fingerprint density at radius 2 is 2.18 bits per heavy atom. The first-order valence-electron chi connectivity index (χ1n) is 5.72. The van der Waals surface area contributed by atoms with E-state index in [1.807, 2.05) is 20.8 Å². The molecule has 0 aromatic carbocycles. The summed E-state index contributed by atoms with van der Waals surface area (Å²) in [5.41, 5.74) is 0.456. The maximum absolute atomic E-state index is 11.2. The van der Waals surface area contributed by atoms with Gasteiger partial charge in [0.2, 0.25) is 5.88 Å². The maximum atomic E-state index is 11.2. The highest BCUT2D eigenvalue weighted by Gasteiger charge is 2.23. The zero-order valence-electron chi connectivity index (χ0n) is 10.4. The summed E-state index contributed by atoms with van der Waals surface area (Å²) in [4.78, 5) is 19.3. The van der Waals surface area contributed by atoms with E-state index >= 15 is 0 Å². The smallest absolute Gasteiger partial charge is 0.312 e. The molecule has 0 saturated carbocycles. The van der Waals surface area contributed by atoms with E-state index in [4.69, 9.17) is 4.74 Å². The van der Waals surface area contributed by atoms with Gasteiger partial charge in [-0.3, -0.25) is 9.78 Å². The lowest BCUT2D eigenvalue weighted by Crippen LogP contribution is -2.16. The Bertz CT molecular complexity index is 380. The third-order valence-corrected chi connectivity index (χ3v) is 2.29. The minimum atomic E-state index is -0.873. The standard InChI is InChI=1S/C12H18N2O3/c1-4-17-11-7-13-6-10(14-11)9(12(15)16)5-8(2)3/h6-9H,4-5H2,1-3H3,(H,15,16). The van der Waals surface area contributed by atoms with Crippen LogP contribution in [-0.2, 0) is 4.79 Å². The monoisotopic (exact) mass is 238 g/mol. The van der Waals surface area contributed by atoms with Gasteiger partial charge in [-0.1, -0.05) is 13.8 Å². The Balaban J connectivity index is 2.93. The van der Waals surface area contributed by atoms with Gasteiger partial charge in [-0.25, -0.2) is 4.98 Å². The van der Waals surface area contributed by atoms with Gasteiger partial charge in [-0.2, -0.15) is 0 Å². The third-order valence-electron chi connectivity index (χ3n) is 2.29. The van der Waals surface area contributed by atoms with Crippen molar-refractivity contribution in [2.75, 3.05) is 6.61 Å². The van der Waals surface area contributed by atoms with Crippen LogP contribution in [0, 0.1) is 5.92 Å². The lowest BCUT2D eigenvalue weighted by Gasteiger charge is -2.14. The highest BCUT2D eigenvalue weighted by atomic mass is 16.5. The van der Waals surface area contributed by atoms with E-state index in [1.165, 1.54) is 12.4 Å².